The predicted octanol–water partition coefficient (Wildman–Crippen LogP) is 2.20. The Labute approximate surface area is 98.9 Å². The van der Waals surface area contributed by atoms with Crippen LogP contribution in [0.4, 0.5) is 0 Å². The summed E-state index contributed by atoms with van der Waals surface area (Å²) in [6.45, 7) is 2.02. The van der Waals surface area contributed by atoms with Gasteiger partial charge in [-0.2, -0.15) is 0 Å². The topological polar surface area (TPSA) is 63.3 Å². The quantitative estimate of drug-likeness (QED) is 0.876. The maximum Gasteiger partial charge on any atom is 0.309 e. The first-order chi connectivity index (χ1) is 8.13. The van der Waals surface area contributed by atoms with E-state index in [1.807, 2.05) is 25.1 Å². The van der Waals surface area contributed by atoms with Crippen molar-refractivity contribution in [3.05, 3.63) is 53.2 Å². The molecule has 1 N–H and O–H groups in total. The molecule has 88 valence electrons. The second kappa shape index (κ2) is 4.82. The number of carboxylic acids is 1. The van der Waals surface area contributed by atoms with E-state index in [4.69, 9.17) is 9.52 Å². The minimum absolute atomic E-state index is 0.0999. The average Bonchev–Trinajstić information content (AvgIpc) is 2.64. The fraction of sp³-hybridized carbons (Fsp3) is 0.231. The van der Waals surface area contributed by atoms with Gasteiger partial charge in [-0.1, -0.05) is 29.8 Å². The van der Waals surface area contributed by atoms with E-state index in [9.17, 15) is 4.79 Å². The van der Waals surface area contributed by atoms with Crippen molar-refractivity contribution in [3.8, 4) is 0 Å². The maximum absolute atomic E-state index is 10.5. The van der Waals surface area contributed by atoms with Crippen molar-refractivity contribution in [3.63, 3.8) is 0 Å². The number of aromatic nitrogens is 1. The zero-order chi connectivity index (χ0) is 12.3. The minimum atomic E-state index is -0.902. The molecule has 0 aliphatic carbocycles. The van der Waals surface area contributed by atoms with E-state index in [2.05, 4.69) is 11.1 Å². The SMILES string of the molecule is Cc1cccc(Cc2nc(CC(=O)O)co2)c1. The lowest BCUT2D eigenvalue weighted by Gasteiger charge is -1.98. The number of carboxylic acid groups (broad SMARTS) is 1. The smallest absolute Gasteiger partial charge is 0.309 e. The molecule has 0 amide bonds. The van der Waals surface area contributed by atoms with E-state index < -0.39 is 5.97 Å². The standard InChI is InChI=1S/C13H13NO3/c1-9-3-2-4-10(5-9)6-12-14-11(8-17-12)7-13(15)16/h2-5,8H,6-7H2,1H3,(H,15,16). The second-order valence-electron chi connectivity index (χ2n) is 3.97. The Hall–Kier alpha value is -2.10. The van der Waals surface area contributed by atoms with Gasteiger partial charge in [0.05, 0.1) is 12.1 Å². The average molecular weight is 231 g/mol. The highest BCUT2D eigenvalue weighted by atomic mass is 16.4. The van der Waals surface area contributed by atoms with Crippen molar-refractivity contribution in [1.29, 1.82) is 0 Å². The summed E-state index contributed by atoms with van der Waals surface area (Å²) in [5, 5.41) is 8.62. The number of hydrogen-bond donors (Lipinski definition) is 1. The summed E-state index contributed by atoms with van der Waals surface area (Å²) in [6.07, 6.45) is 1.89. The lowest BCUT2D eigenvalue weighted by molar-refractivity contribution is -0.136. The maximum atomic E-state index is 10.5. The highest BCUT2D eigenvalue weighted by molar-refractivity contribution is 5.69. The Morgan fingerprint density at radius 1 is 1.47 bits per heavy atom. The second-order valence-corrected chi connectivity index (χ2v) is 3.97. The van der Waals surface area contributed by atoms with Crippen LogP contribution in [-0.4, -0.2) is 16.1 Å². The zero-order valence-electron chi connectivity index (χ0n) is 9.51. The number of aliphatic carboxylic acids is 1. The number of hydrogen-bond acceptors (Lipinski definition) is 3. The van der Waals surface area contributed by atoms with Gasteiger partial charge in [-0.25, -0.2) is 4.98 Å². The molecule has 2 rings (SSSR count). The van der Waals surface area contributed by atoms with Crippen LogP contribution in [0.2, 0.25) is 0 Å². The van der Waals surface area contributed by atoms with E-state index in [-0.39, 0.29) is 6.42 Å². The molecule has 4 nitrogen and oxygen atoms in total. The molecule has 0 spiro atoms. The first kappa shape index (κ1) is 11.4. The number of rotatable bonds is 4. The number of carbonyl (C=O) groups is 1. The summed E-state index contributed by atoms with van der Waals surface area (Å²) >= 11 is 0. The van der Waals surface area contributed by atoms with Gasteiger partial charge in [-0.3, -0.25) is 4.79 Å². The van der Waals surface area contributed by atoms with Gasteiger partial charge in [-0.15, -0.1) is 0 Å². The summed E-state index contributed by atoms with van der Waals surface area (Å²) in [5.41, 5.74) is 2.74. The third-order valence-corrected chi connectivity index (χ3v) is 2.37. The zero-order valence-corrected chi connectivity index (χ0v) is 9.51. The van der Waals surface area contributed by atoms with Gasteiger partial charge in [0.25, 0.3) is 0 Å². The summed E-state index contributed by atoms with van der Waals surface area (Å²) in [5.74, 6) is -0.354. The van der Waals surface area contributed by atoms with Crippen molar-refractivity contribution < 1.29 is 14.3 Å². The Morgan fingerprint density at radius 3 is 3.00 bits per heavy atom. The summed E-state index contributed by atoms with van der Waals surface area (Å²) in [6, 6.07) is 8.05. The Kier molecular flexibility index (Phi) is 3.23. The molecule has 2 aromatic rings. The van der Waals surface area contributed by atoms with Crippen LogP contribution in [0.15, 0.2) is 34.9 Å². The van der Waals surface area contributed by atoms with Crippen molar-refractivity contribution in [2.75, 3.05) is 0 Å². The highest BCUT2D eigenvalue weighted by Gasteiger charge is 2.08. The van der Waals surface area contributed by atoms with Gasteiger partial charge in [0.15, 0.2) is 5.89 Å². The fourth-order valence-electron chi connectivity index (χ4n) is 1.66. The van der Waals surface area contributed by atoms with Crippen molar-refractivity contribution >= 4 is 5.97 Å². The third kappa shape index (κ3) is 3.17. The van der Waals surface area contributed by atoms with Gasteiger partial charge in [0.2, 0.25) is 0 Å². The van der Waals surface area contributed by atoms with E-state index in [0.717, 1.165) is 5.56 Å². The molecule has 0 aliphatic heterocycles. The molecule has 1 heterocycles. The van der Waals surface area contributed by atoms with Crippen LogP contribution in [0.25, 0.3) is 0 Å². The number of benzene rings is 1. The third-order valence-electron chi connectivity index (χ3n) is 2.37. The van der Waals surface area contributed by atoms with Crippen LogP contribution in [0, 0.1) is 6.92 Å². The molecule has 4 heteroatoms. The predicted molar refractivity (Wildman–Crippen MR) is 61.8 cm³/mol. The van der Waals surface area contributed by atoms with Crippen molar-refractivity contribution in [2.24, 2.45) is 0 Å². The van der Waals surface area contributed by atoms with Crippen LogP contribution >= 0.6 is 0 Å². The first-order valence-corrected chi connectivity index (χ1v) is 5.34. The van der Waals surface area contributed by atoms with Crippen LogP contribution < -0.4 is 0 Å². The van der Waals surface area contributed by atoms with Gasteiger partial charge in [-0.05, 0) is 12.5 Å². The molecule has 0 atom stereocenters. The van der Waals surface area contributed by atoms with E-state index in [0.29, 0.717) is 18.0 Å². The minimum Gasteiger partial charge on any atom is -0.481 e. The van der Waals surface area contributed by atoms with Crippen LogP contribution in [0.3, 0.4) is 0 Å². The summed E-state index contributed by atoms with van der Waals surface area (Å²) < 4.78 is 5.23. The van der Waals surface area contributed by atoms with Gasteiger partial charge < -0.3 is 9.52 Å². The molecule has 17 heavy (non-hydrogen) atoms. The summed E-state index contributed by atoms with van der Waals surface area (Å²) in [4.78, 5) is 14.6. The molecule has 1 aromatic heterocycles. The molecular weight excluding hydrogens is 218 g/mol. The molecular formula is C13H13NO3. The van der Waals surface area contributed by atoms with Gasteiger partial charge in [0, 0.05) is 6.42 Å². The molecule has 0 bridgehead atoms. The van der Waals surface area contributed by atoms with Gasteiger partial charge >= 0.3 is 5.97 Å². The Balaban J connectivity index is 2.08. The monoisotopic (exact) mass is 231 g/mol. The number of aryl methyl sites for hydroxylation is 1. The van der Waals surface area contributed by atoms with E-state index in [1.54, 1.807) is 0 Å². The lowest BCUT2D eigenvalue weighted by atomic mass is 10.1. The largest absolute Gasteiger partial charge is 0.481 e. The normalized spacial score (nSPS) is 10.4. The summed E-state index contributed by atoms with van der Waals surface area (Å²) in [7, 11) is 0. The Bertz CT molecular complexity index is 531. The lowest BCUT2D eigenvalue weighted by Crippen LogP contribution is -2.00. The van der Waals surface area contributed by atoms with Crippen LogP contribution in [0.1, 0.15) is 22.7 Å². The molecule has 0 radical (unpaired) electrons. The molecule has 0 aliphatic rings. The molecule has 0 saturated carbocycles. The molecule has 1 aromatic carbocycles. The van der Waals surface area contributed by atoms with Crippen molar-refractivity contribution in [2.45, 2.75) is 19.8 Å². The fourth-order valence-corrected chi connectivity index (χ4v) is 1.66. The van der Waals surface area contributed by atoms with Gasteiger partial charge in [0.1, 0.15) is 6.26 Å². The molecule has 0 saturated heterocycles. The molecule has 0 fully saturated rings. The van der Waals surface area contributed by atoms with E-state index >= 15 is 0 Å². The van der Waals surface area contributed by atoms with Crippen LogP contribution in [-0.2, 0) is 17.6 Å². The van der Waals surface area contributed by atoms with Crippen LogP contribution in [0.5, 0.6) is 0 Å². The highest BCUT2D eigenvalue weighted by Crippen LogP contribution is 2.11. The first-order valence-electron chi connectivity index (χ1n) is 5.34. The van der Waals surface area contributed by atoms with E-state index in [1.165, 1.54) is 11.8 Å². The molecule has 0 unspecified atom stereocenters. The number of nitrogens with zero attached hydrogens (tertiary/aromatic N) is 1. The van der Waals surface area contributed by atoms with Crippen molar-refractivity contribution in [1.82, 2.24) is 4.98 Å². The Morgan fingerprint density at radius 2 is 2.29 bits per heavy atom. The number of oxazole rings is 1.